The Morgan fingerprint density at radius 3 is 2.48 bits per heavy atom. The lowest BCUT2D eigenvalue weighted by molar-refractivity contribution is 0.0696. The molecule has 0 spiro atoms. The van der Waals surface area contributed by atoms with E-state index in [-0.39, 0.29) is 17.3 Å². The van der Waals surface area contributed by atoms with Gasteiger partial charge in [0.1, 0.15) is 16.5 Å². The Hall–Kier alpha value is -3.46. The van der Waals surface area contributed by atoms with Crippen LogP contribution in [0, 0.1) is 17.0 Å². The molecule has 3 aromatic carbocycles. The van der Waals surface area contributed by atoms with Gasteiger partial charge in [-0.15, -0.1) is 0 Å². The van der Waals surface area contributed by atoms with Crippen molar-refractivity contribution in [2.45, 2.75) is 31.2 Å². The maximum atomic E-state index is 14.5. The Bertz CT molecular complexity index is 1360. The van der Waals surface area contributed by atoms with Gasteiger partial charge < -0.3 is 10.4 Å². The molecule has 33 heavy (non-hydrogen) atoms. The topological polar surface area (TPSA) is 95.5 Å². The highest BCUT2D eigenvalue weighted by Gasteiger charge is 2.36. The lowest BCUT2D eigenvalue weighted by atomic mass is 9.72. The number of carboxylic acid groups (broad SMARTS) is 1. The molecular weight excluding hydrogens is 450 g/mol. The monoisotopic (exact) mass is 472 g/mol. The molecule has 1 heterocycles. The second-order valence-corrected chi connectivity index (χ2v) is 10.3. The molecule has 0 amide bonds. The van der Waals surface area contributed by atoms with Crippen molar-refractivity contribution in [3.05, 3.63) is 89.0 Å². The third-order valence-corrected chi connectivity index (χ3v) is 7.17. The fourth-order valence-electron chi connectivity index (χ4n) is 4.16. The van der Waals surface area contributed by atoms with Gasteiger partial charge in [0.2, 0.25) is 0 Å². The summed E-state index contributed by atoms with van der Waals surface area (Å²) >= 11 is 0. The van der Waals surface area contributed by atoms with Gasteiger partial charge in [-0.05, 0) is 65.4 Å². The number of aromatic carboxylic acids is 1. The predicted octanol–water partition coefficient (Wildman–Crippen LogP) is 5.20. The largest absolute Gasteiger partial charge is 0.478 e. The van der Waals surface area contributed by atoms with Crippen LogP contribution in [0.5, 0.6) is 0 Å². The molecule has 1 aliphatic heterocycles. The van der Waals surface area contributed by atoms with Gasteiger partial charge in [-0.2, -0.15) is 0 Å². The van der Waals surface area contributed by atoms with Crippen molar-refractivity contribution in [2.24, 2.45) is 5.41 Å². The van der Waals surface area contributed by atoms with Gasteiger partial charge >= 0.3 is 5.97 Å². The van der Waals surface area contributed by atoms with Crippen molar-refractivity contribution in [3.63, 3.8) is 0 Å². The predicted molar refractivity (Wildman–Crippen MR) is 121 cm³/mol. The van der Waals surface area contributed by atoms with Crippen molar-refractivity contribution in [2.75, 3.05) is 10.0 Å². The number of halogens is 2. The van der Waals surface area contributed by atoms with Crippen molar-refractivity contribution < 1.29 is 27.1 Å². The zero-order valence-corrected chi connectivity index (χ0v) is 18.7. The average Bonchev–Trinajstić information content (AvgIpc) is 2.74. The van der Waals surface area contributed by atoms with Crippen molar-refractivity contribution in [1.82, 2.24) is 0 Å². The minimum Gasteiger partial charge on any atom is -0.478 e. The molecule has 1 unspecified atom stereocenters. The zero-order valence-electron chi connectivity index (χ0n) is 17.9. The first-order valence-corrected chi connectivity index (χ1v) is 11.7. The second kappa shape index (κ2) is 8.15. The van der Waals surface area contributed by atoms with Gasteiger partial charge in [0.05, 0.1) is 17.3 Å². The van der Waals surface area contributed by atoms with Gasteiger partial charge in [-0.1, -0.05) is 32.0 Å². The molecular formula is C24H22F2N2O4S. The molecule has 9 heteroatoms. The standard InChI is InChI=1S/C24H22F2N2O4S/c1-24(2)13-16-11-15(23(29)30)8-10-19(16)27-22(24)14-7-9-17(25)20(12-14)28-33(31,32)21-6-4-3-5-18(21)26/h3-12,22,27-28H,13H2,1-2H3,(H,29,30). The van der Waals surface area contributed by atoms with E-state index in [2.05, 4.69) is 10.0 Å². The summed E-state index contributed by atoms with van der Waals surface area (Å²) in [5.41, 5.74) is 1.71. The number of fused-ring (bicyclic) bond motifs is 1. The van der Waals surface area contributed by atoms with E-state index in [0.717, 1.165) is 29.4 Å². The van der Waals surface area contributed by atoms with E-state index in [1.165, 1.54) is 24.3 Å². The Kier molecular flexibility index (Phi) is 5.61. The number of benzene rings is 3. The third-order valence-electron chi connectivity index (χ3n) is 5.77. The zero-order chi connectivity index (χ0) is 24.0. The minimum atomic E-state index is -4.35. The molecule has 0 bridgehead atoms. The van der Waals surface area contributed by atoms with Crippen LogP contribution in [0.4, 0.5) is 20.2 Å². The molecule has 172 valence electrons. The van der Waals surface area contributed by atoms with Gasteiger partial charge in [-0.3, -0.25) is 4.72 Å². The van der Waals surface area contributed by atoms with Crippen LogP contribution in [0.2, 0.25) is 0 Å². The number of hydrogen-bond acceptors (Lipinski definition) is 4. The lowest BCUT2D eigenvalue weighted by Crippen LogP contribution is -2.35. The van der Waals surface area contributed by atoms with Crippen molar-refractivity contribution in [3.8, 4) is 0 Å². The highest BCUT2D eigenvalue weighted by molar-refractivity contribution is 7.92. The first-order chi connectivity index (χ1) is 15.5. The van der Waals surface area contributed by atoms with Crippen LogP contribution in [0.25, 0.3) is 0 Å². The van der Waals surface area contributed by atoms with Crippen LogP contribution in [-0.4, -0.2) is 19.5 Å². The summed E-state index contributed by atoms with van der Waals surface area (Å²) in [6.45, 7) is 3.96. The van der Waals surface area contributed by atoms with E-state index in [1.807, 2.05) is 13.8 Å². The Morgan fingerprint density at radius 2 is 1.79 bits per heavy atom. The Balaban J connectivity index is 1.69. The summed E-state index contributed by atoms with van der Waals surface area (Å²) in [7, 11) is -4.35. The fourth-order valence-corrected chi connectivity index (χ4v) is 5.29. The Morgan fingerprint density at radius 1 is 1.06 bits per heavy atom. The van der Waals surface area contributed by atoms with Gasteiger partial charge in [-0.25, -0.2) is 22.0 Å². The number of carboxylic acids is 1. The average molecular weight is 473 g/mol. The third kappa shape index (κ3) is 4.41. The van der Waals surface area contributed by atoms with E-state index in [0.29, 0.717) is 12.0 Å². The number of sulfonamides is 1. The number of rotatable bonds is 5. The van der Waals surface area contributed by atoms with Gasteiger partial charge in [0, 0.05) is 5.69 Å². The van der Waals surface area contributed by atoms with Crippen LogP contribution in [0.1, 0.15) is 41.4 Å². The summed E-state index contributed by atoms with van der Waals surface area (Å²) in [6, 6.07) is 13.5. The van der Waals surface area contributed by atoms with E-state index >= 15 is 0 Å². The van der Waals surface area contributed by atoms with Crippen LogP contribution >= 0.6 is 0 Å². The summed E-state index contributed by atoms with van der Waals surface area (Å²) in [4.78, 5) is 10.7. The lowest BCUT2D eigenvalue weighted by Gasteiger charge is -2.41. The van der Waals surface area contributed by atoms with Crippen LogP contribution < -0.4 is 10.0 Å². The molecule has 0 aliphatic carbocycles. The molecule has 1 atom stereocenters. The first kappa shape index (κ1) is 22.7. The molecule has 0 aromatic heterocycles. The van der Waals surface area contributed by atoms with E-state index in [1.54, 1.807) is 18.2 Å². The summed E-state index contributed by atoms with van der Waals surface area (Å²) in [5, 5.41) is 12.6. The molecule has 0 saturated heterocycles. The van der Waals surface area contributed by atoms with Crippen LogP contribution in [0.15, 0.2) is 65.6 Å². The number of nitrogens with one attached hydrogen (secondary N) is 2. The maximum Gasteiger partial charge on any atom is 0.335 e. The van der Waals surface area contributed by atoms with E-state index in [9.17, 15) is 27.1 Å². The first-order valence-electron chi connectivity index (χ1n) is 10.2. The molecule has 0 saturated carbocycles. The maximum absolute atomic E-state index is 14.5. The quantitative estimate of drug-likeness (QED) is 0.475. The van der Waals surface area contributed by atoms with Gasteiger partial charge in [0.15, 0.2) is 0 Å². The number of carbonyl (C=O) groups is 1. The highest BCUT2D eigenvalue weighted by Crippen LogP contribution is 2.45. The molecule has 0 radical (unpaired) electrons. The smallest absolute Gasteiger partial charge is 0.335 e. The van der Waals surface area contributed by atoms with E-state index < -0.39 is 37.9 Å². The molecule has 0 fully saturated rings. The SMILES string of the molecule is CC1(C)Cc2cc(C(=O)O)ccc2NC1c1ccc(F)c(NS(=O)(=O)c2ccccc2F)c1. The second-order valence-electron chi connectivity index (χ2n) is 8.69. The normalized spacial score (nSPS) is 17.0. The Labute approximate surface area is 190 Å². The highest BCUT2D eigenvalue weighted by atomic mass is 32.2. The van der Waals surface area contributed by atoms with Gasteiger partial charge in [0.25, 0.3) is 10.0 Å². The molecule has 6 nitrogen and oxygen atoms in total. The molecule has 1 aliphatic rings. The van der Waals surface area contributed by atoms with Crippen LogP contribution in [0.3, 0.4) is 0 Å². The summed E-state index contributed by atoms with van der Waals surface area (Å²) < 4.78 is 56.0. The number of anilines is 2. The summed E-state index contributed by atoms with van der Waals surface area (Å²) in [6.07, 6.45) is 0.550. The van der Waals surface area contributed by atoms with E-state index in [4.69, 9.17) is 0 Å². The van der Waals surface area contributed by atoms with Crippen molar-refractivity contribution in [1.29, 1.82) is 0 Å². The minimum absolute atomic E-state index is 0.191. The summed E-state index contributed by atoms with van der Waals surface area (Å²) in [5.74, 6) is -2.74. The molecule has 4 rings (SSSR count). The number of hydrogen-bond donors (Lipinski definition) is 3. The fraction of sp³-hybridized carbons (Fsp3) is 0.208. The van der Waals surface area contributed by atoms with Crippen LogP contribution in [-0.2, 0) is 16.4 Å². The van der Waals surface area contributed by atoms with Crippen molar-refractivity contribution >= 4 is 27.4 Å². The molecule has 3 N–H and O–H groups in total. The molecule has 3 aromatic rings.